The van der Waals surface area contributed by atoms with Gasteiger partial charge in [-0.2, -0.15) is 0 Å². The molecule has 6 heteroatoms. The molecule has 0 bridgehead atoms. The Morgan fingerprint density at radius 2 is 1.88 bits per heavy atom. The molecule has 0 saturated carbocycles. The first-order chi connectivity index (χ1) is 12.3. The molecule has 5 nitrogen and oxygen atoms in total. The van der Waals surface area contributed by atoms with Gasteiger partial charge in [-0.05, 0) is 12.1 Å². The first-order valence-corrected chi connectivity index (χ1v) is 8.85. The number of benzene rings is 1. The number of carbonyl (C=O) groups is 1. The molecule has 0 radical (unpaired) electrons. The number of carbonyl (C=O) groups excluding carboxylic acids is 1. The fourth-order valence-corrected chi connectivity index (χ4v) is 3.42. The van der Waals surface area contributed by atoms with Gasteiger partial charge in [0.05, 0.1) is 24.4 Å². The molecule has 0 saturated heterocycles. The number of nitrogens with zero attached hydrogens (tertiary/aromatic N) is 3. The van der Waals surface area contributed by atoms with E-state index < -0.39 is 0 Å². The predicted molar refractivity (Wildman–Crippen MR) is 98.3 cm³/mol. The third kappa shape index (κ3) is 3.59. The largest absolute Gasteiger partial charge is 0.350 e. The minimum absolute atomic E-state index is 0.0577. The van der Waals surface area contributed by atoms with Crippen molar-refractivity contribution < 1.29 is 4.79 Å². The quantitative estimate of drug-likeness (QED) is 0.602. The topological polar surface area (TPSA) is 59.3 Å². The molecule has 124 valence electrons. The highest BCUT2D eigenvalue weighted by Gasteiger charge is 2.09. The van der Waals surface area contributed by atoms with Crippen LogP contribution in [0.1, 0.15) is 11.4 Å². The lowest BCUT2D eigenvalue weighted by Crippen LogP contribution is -2.24. The van der Waals surface area contributed by atoms with Crippen LogP contribution in [0.25, 0.3) is 16.2 Å². The molecule has 4 rings (SSSR count). The lowest BCUT2D eigenvalue weighted by Gasteiger charge is -2.01. The number of rotatable bonds is 5. The van der Waals surface area contributed by atoms with E-state index >= 15 is 0 Å². The third-order valence-electron chi connectivity index (χ3n) is 3.79. The molecule has 0 atom stereocenters. The average Bonchev–Trinajstić information content (AvgIpc) is 3.27. The van der Waals surface area contributed by atoms with Gasteiger partial charge >= 0.3 is 0 Å². The molecule has 0 aliphatic rings. The smallest absolute Gasteiger partial charge is 0.226 e. The first kappa shape index (κ1) is 15.5. The Balaban J connectivity index is 1.36. The highest BCUT2D eigenvalue weighted by molar-refractivity contribution is 7.13. The SMILES string of the molecule is O=C(Cc1cn2ccccc2n1)NCc1csc(-c2ccccc2)n1. The van der Waals surface area contributed by atoms with Crippen LogP contribution in [-0.2, 0) is 17.8 Å². The van der Waals surface area contributed by atoms with E-state index in [2.05, 4.69) is 15.3 Å². The highest BCUT2D eigenvalue weighted by atomic mass is 32.1. The predicted octanol–water partition coefficient (Wildman–Crippen LogP) is 3.32. The van der Waals surface area contributed by atoms with Gasteiger partial charge in [-0.15, -0.1) is 11.3 Å². The molecular formula is C19H16N4OS. The average molecular weight is 348 g/mol. The molecule has 0 aliphatic carbocycles. The zero-order valence-corrected chi connectivity index (χ0v) is 14.2. The minimum atomic E-state index is -0.0577. The van der Waals surface area contributed by atoms with Crippen molar-refractivity contribution in [1.29, 1.82) is 0 Å². The fraction of sp³-hybridized carbons (Fsp3) is 0.105. The molecule has 0 aliphatic heterocycles. The van der Waals surface area contributed by atoms with Gasteiger partial charge in [0.25, 0.3) is 0 Å². The number of hydrogen-bond acceptors (Lipinski definition) is 4. The van der Waals surface area contributed by atoms with E-state index in [9.17, 15) is 4.79 Å². The normalized spacial score (nSPS) is 10.9. The van der Waals surface area contributed by atoms with Crippen molar-refractivity contribution in [2.24, 2.45) is 0 Å². The number of fused-ring (bicyclic) bond motifs is 1. The second-order valence-corrected chi connectivity index (χ2v) is 6.52. The Hall–Kier alpha value is -2.99. The van der Waals surface area contributed by atoms with Crippen LogP contribution in [-0.4, -0.2) is 20.3 Å². The molecule has 0 fully saturated rings. The van der Waals surface area contributed by atoms with Gasteiger partial charge in [0.15, 0.2) is 0 Å². The molecule has 4 aromatic rings. The van der Waals surface area contributed by atoms with Crippen molar-refractivity contribution in [3.63, 3.8) is 0 Å². The second kappa shape index (κ2) is 6.86. The van der Waals surface area contributed by atoms with Crippen molar-refractivity contribution in [1.82, 2.24) is 19.7 Å². The lowest BCUT2D eigenvalue weighted by molar-refractivity contribution is -0.120. The number of hydrogen-bond donors (Lipinski definition) is 1. The Morgan fingerprint density at radius 1 is 1.04 bits per heavy atom. The molecular weight excluding hydrogens is 332 g/mol. The fourth-order valence-electron chi connectivity index (χ4n) is 2.59. The number of imidazole rings is 1. The van der Waals surface area contributed by atoms with E-state index in [0.717, 1.165) is 27.6 Å². The number of pyridine rings is 1. The summed E-state index contributed by atoms with van der Waals surface area (Å²) in [5, 5.41) is 5.86. The number of thiazole rings is 1. The number of aromatic nitrogens is 3. The summed E-state index contributed by atoms with van der Waals surface area (Å²) in [7, 11) is 0. The molecule has 25 heavy (non-hydrogen) atoms. The maximum Gasteiger partial charge on any atom is 0.226 e. The van der Waals surface area contributed by atoms with E-state index in [4.69, 9.17) is 0 Å². The Labute approximate surface area is 149 Å². The van der Waals surface area contributed by atoms with Crippen molar-refractivity contribution in [2.75, 3.05) is 0 Å². The van der Waals surface area contributed by atoms with Crippen LogP contribution < -0.4 is 5.32 Å². The van der Waals surface area contributed by atoms with Crippen LogP contribution in [0.3, 0.4) is 0 Å². The molecule has 1 N–H and O–H groups in total. The van der Waals surface area contributed by atoms with E-state index in [-0.39, 0.29) is 12.3 Å². The molecule has 1 amide bonds. The Bertz CT molecular complexity index is 973. The van der Waals surface area contributed by atoms with Crippen molar-refractivity contribution in [2.45, 2.75) is 13.0 Å². The van der Waals surface area contributed by atoms with Gasteiger partial charge in [-0.1, -0.05) is 36.4 Å². The van der Waals surface area contributed by atoms with Crippen LogP contribution in [0.4, 0.5) is 0 Å². The van der Waals surface area contributed by atoms with Crippen LogP contribution >= 0.6 is 11.3 Å². The summed E-state index contributed by atoms with van der Waals surface area (Å²) < 4.78 is 1.91. The van der Waals surface area contributed by atoms with E-state index in [1.54, 1.807) is 11.3 Å². The maximum absolute atomic E-state index is 12.2. The van der Waals surface area contributed by atoms with Crippen molar-refractivity contribution >= 4 is 22.9 Å². The summed E-state index contributed by atoms with van der Waals surface area (Å²) >= 11 is 1.58. The van der Waals surface area contributed by atoms with Crippen LogP contribution in [0, 0.1) is 0 Å². The Kier molecular flexibility index (Phi) is 4.26. The van der Waals surface area contributed by atoms with E-state index in [0.29, 0.717) is 6.54 Å². The summed E-state index contributed by atoms with van der Waals surface area (Å²) in [4.78, 5) is 21.2. The summed E-state index contributed by atoms with van der Waals surface area (Å²) in [5.41, 5.74) is 3.56. The van der Waals surface area contributed by atoms with Gasteiger partial charge in [0, 0.05) is 23.3 Å². The molecule has 3 heterocycles. The van der Waals surface area contributed by atoms with Crippen LogP contribution in [0.2, 0.25) is 0 Å². The van der Waals surface area contributed by atoms with Crippen molar-refractivity contribution in [3.05, 3.63) is 77.7 Å². The van der Waals surface area contributed by atoms with E-state index in [1.807, 2.05) is 70.7 Å². The lowest BCUT2D eigenvalue weighted by atomic mass is 10.2. The zero-order valence-electron chi connectivity index (χ0n) is 13.4. The van der Waals surface area contributed by atoms with Crippen LogP contribution in [0.5, 0.6) is 0 Å². The highest BCUT2D eigenvalue weighted by Crippen LogP contribution is 2.23. The van der Waals surface area contributed by atoms with Gasteiger partial charge in [-0.3, -0.25) is 4.79 Å². The van der Waals surface area contributed by atoms with Crippen LogP contribution in [0.15, 0.2) is 66.3 Å². The summed E-state index contributed by atoms with van der Waals surface area (Å²) in [6.07, 6.45) is 4.06. The third-order valence-corrected chi connectivity index (χ3v) is 4.73. The minimum Gasteiger partial charge on any atom is -0.350 e. The van der Waals surface area contributed by atoms with Crippen molar-refractivity contribution in [3.8, 4) is 10.6 Å². The monoisotopic (exact) mass is 348 g/mol. The summed E-state index contributed by atoms with van der Waals surface area (Å²) in [6, 6.07) is 15.8. The van der Waals surface area contributed by atoms with E-state index in [1.165, 1.54) is 0 Å². The van der Waals surface area contributed by atoms with Gasteiger partial charge in [-0.25, -0.2) is 9.97 Å². The number of nitrogens with one attached hydrogen (secondary N) is 1. The Morgan fingerprint density at radius 3 is 2.72 bits per heavy atom. The summed E-state index contributed by atoms with van der Waals surface area (Å²) in [6.45, 7) is 0.426. The standard InChI is InChI=1S/C19H16N4OS/c24-18(10-15-12-23-9-5-4-8-17(23)21-15)20-11-16-13-25-19(22-16)14-6-2-1-3-7-14/h1-9,12-13H,10-11H2,(H,20,24). The number of amides is 1. The van der Waals surface area contributed by atoms with Gasteiger partial charge in [0.2, 0.25) is 5.91 Å². The molecule has 1 aromatic carbocycles. The van der Waals surface area contributed by atoms with Gasteiger partial charge in [0.1, 0.15) is 10.7 Å². The summed E-state index contributed by atoms with van der Waals surface area (Å²) in [5.74, 6) is -0.0577. The molecule has 0 unspecified atom stereocenters. The maximum atomic E-state index is 12.2. The second-order valence-electron chi connectivity index (χ2n) is 5.66. The molecule has 3 aromatic heterocycles. The van der Waals surface area contributed by atoms with Gasteiger partial charge < -0.3 is 9.72 Å². The first-order valence-electron chi connectivity index (χ1n) is 7.97. The molecule has 0 spiro atoms. The zero-order chi connectivity index (χ0) is 17.1.